The predicted molar refractivity (Wildman–Crippen MR) is 131 cm³/mol. The molecule has 0 bridgehead atoms. The summed E-state index contributed by atoms with van der Waals surface area (Å²) < 4.78 is 6.43. The van der Waals surface area contributed by atoms with Crippen molar-refractivity contribution >= 4 is 34.0 Å². The van der Waals surface area contributed by atoms with E-state index in [1.54, 1.807) is 23.8 Å². The third-order valence-electron chi connectivity index (χ3n) is 5.85. The number of aromatic nitrogens is 2. The number of Topliss-reactive ketones (excluding diaryl/α,β-unsaturated/α-hetero) is 1. The van der Waals surface area contributed by atoms with Gasteiger partial charge >= 0.3 is 0 Å². The maximum absolute atomic E-state index is 13.6. The Morgan fingerprint density at radius 1 is 1.33 bits per heavy atom. The van der Waals surface area contributed by atoms with Crippen LogP contribution in [0.4, 0.5) is 5.13 Å². The van der Waals surface area contributed by atoms with E-state index in [4.69, 9.17) is 10.5 Å². The number of nitrogens with two attached hydrogens (primary N) is 1. The van der Waals surface area contributed by atoms with Crippen LogP contribution in [0.3, 0.4) is 0 Å². The van der Waals surface area contributed by atoms with Crippen LogP contribution in [0.25, 0.3) is 0 Å². The number of thioether (sulfide) groups is 1. The second-order valence-corrected chi connectivity index (χ2v) is 11.2. The highest BCUT2D eigenvalue weighted by Gasteiger charge is 2.46. The molecular formula is C24H27N5O2S2. The summed E-state index contributed by atoms with van der Waals surface area (Å²) >= 11 is 3.07. The Hall–Kier alpha value is -2.83. The van der Waals surface area contributed by atoms with Gasteiger partial charge in [0.25, 0.3) is 0 Å². The smallest absolute Gasteiger partial charge is 0.219 e. The molecule has 0 spiro atoms. The predicted octanol–water partition coefficient (Wildman–Crippen LogP) is 4.99. The normalized spacial score (nSPS) is 20.0. The Bertz CT molecular complexity index is 1190. The summed E-state index contributed by atoms with van der Waals surface area (Å²) in [5.41, 5.74) is 8.90. The molecule has 2 heterocycles. The van der Waals surface area contributed by atoms with Crippen molar-refractivity contribution in [1.82, 2.24) is 10.2 Å². The van der Waals surface area contributed by atoms with Gasteiger partial charge in [-0.3, -0.25) is 9.69 Å². The first kappa shape index (κ1) is 23.3. The van der Waals surface area contributed by atoms with E-state index in [9.17, 15) is 10.1 Å². The van der Waals surface area contributed by atoms with Gasteiger partial charge in [-0.1, -0.05) is 62.1 Å². The molecule has 0 fully saturated rings. The standard InChI is InChI=1S/C24H27N5O2S2/c1-5-10-32-23-28-27-22(33-23)29-16-11-24(2,3)12-17(30)20(16)19(15(13-25)21(29)26)14-8-6-7-9-18(14)31-4/h6-9,19H,5,10-12,26H2,1-4H3. The van der Waals surface area contributed by atoms with E-state index < -0.39 is 5.92 Å². The molecule has 1 aliphatic heterocycles. The zero-order valence-corrected chi connectivity index (χ0v) is 20.8. The van der Waals surface area contributed by atoms with Gasteiger partial charge in [-0.05, 0) is 24.3 Å². The number of methoxy groups -OCH3 is 1. The van der Waals surface area contributed by atoms with E-state index in [1.807, 2.05) is 24.3 Å². The van der Waals surface area contributed by atoms with Crippen molar-refractivity contribution in [1.29, 1.82) is 5.26 Å². The molecule has 0 saturated heterocycles. The van der Waals surface area contributed by atoms with Gasteiger partial charge < -0.3 is 10.5 Å². The van der Waals surface area contributed by atoms with Gasteiger partial charge in [0.05, 0.1) is 24.7 Å². The van der Waals surface area contributed by atoms with E-state index in [0.717, 1.165) is 27.8 Å². The number of para-hydroxylation sites is 1. The molecule has 7 nitrogen and oxygen atoms in total. The minimum atomic E-state index is -0.581. The monoisotopic (exact) mass is 481 g/mol. The fourth-order valence-electron chi connectivity index (χ4n) is 4.48. The summed E-state index contributed by atoms with van der Waals surface area (Å²) in [6.07, 6.45) is 2.07. The Balaban J connectivity index is 1.93. The number of carbonyl (C=O) groups is 1. The molecule has 2 aromatic rings. The molecule has 1 unspecified atom stereocenters. The van der Waals surface area contributed by atoms with Crippen LogP contribution in [0.15, 0.2) is 51.3 Å². The van der Waals surface area contributed by atoms with E-state index in [1.165, 1.54) is 11.3 Å². The Labute approximate surface area is 202 Å². The van der Waals surface area contributed by atoms with Gasteiger partial charge in [-0.2, -0.15) is 5.26 Å². The van der Waals surface area contributed by atoms with Crippen LogP contribution >= 0.6 is 23.1 Å². The number of ether oxygens (including phenoxy) is 1. The molecule has 2 N–H and O–H groups in total. The topological polar surface area (TPSA) is 105 Å². The second-order valence-electron chi connectivity index (χ2n) is 8.92. The summed E-state index contributed by atoms with van der Waals surface area (Å²) in [6.45, 7) is 6.27. The molecular weight excluding hydrogens is 454 g/mol. The zero-order valence-electron chi connectivity index (χ0n) is 19.2. The minimum Gasteiger partial charge on any atom is -0.496 e. The number of allylic oxidation sites excluding steroid dienone is 3. The van der Waals surface area contributed by atoms with Crippen LogP contribution in [0.1, 0.15) is 51.5 Å². The molecule has 4 rings (SSSR count). The second kappa shape index (κ2) is 9.20. The molecule has 0 amide bonds. The van der Waals surface area contributed by atoms with Crippen LogP contribution < -0.4 is 15.4 Å². The Kier molecular flexibility index (Phi) is 6.50. The number of rotatable bonds is 6. The number of nitriles is 1. The van der Waals surface area contributed by atoms with Crippen molar-refractivity contribution in [3.63, 3.8) is 0 Å². The summed E-state index contributed by atoms with van der Waals surface area (Å²) in [5, 5.41) is 19.5. The van der Waals surface area contributed by atoms with Crippen molar-refractivity contribution in [2.45, 2.75) is 50.3 Å². The molecule has 0 saturated carbocycles. The summed E-state index contributed by atoms with van der Waals surface area (Å²) in [5.74, 6) is 1.30. The molecule has 33 heavy (non-hydrogen) atoms. The minimum absolute atomic E-state index is 0.0208. The van der Waals surface area contributed by atoms with Crippen LogP contribution in [-0.4, -0.2) is 28.8 Å². The summed E-state index contributed by atoms with van der Waals surface area (Å²) in [6, 6.07) is 9.78. The van der Waals surface area contributed by atoms with Gasteiger partial charge in [0, 0.05) is 29.0 Å². The number of carbonyl (C=O) groups excluding carboxylic acids is 1. The number of hydrogen-bond acceptors (Lipinski definition) is 9. The molecule has 1 aliphatic carbocycles. The lowest BCUT2D eigenvalue weighted by molar-refractivity contribution is -0.118. The number of hydrogen-bond donors (Lipinski definition) is 1. The lowest BCUT2D eigenvalue weighted by Crippen LogP contribution is -2.42. The highest BCUT2D eigenvalue weighted by molar-refractivity contribution is 8.01. The summed E-state index contributed by atoms with van der Waals surface area (Å²) in [7, 11) is 1.59. The van der Waals surface area contributed by atoms with Crippen molar-refractivity contribution in [2.75, 3.05) is 17.8 Å². The maximum Gasteiger partial charge on any atom is 0.219 e. The average molecular weight is 482 g/mol. The molecule has 9 heteroatoms. The Morgan fingerprint density at radius 3 is 2.79 bits per heavy atom. The first-order chi connectivity index (χ1) is 15.8. The number of anilines is 1. The SMILES string of the molecule is CCCSc1nnc(N2C(N)=C(C#N)C(c3ccccc3OC)C3=C2CC(C)(C)CC3=O)s1. The molecule has 2 aliphatic rings. The van der Waals surface area contributed by atoms with Gasteiger partial charge in [0.1, 0.15) is 11.6 Å². The highest BCUT2D eigenvalue weighted by atomic mass is 32.2. The lowest BCUT2D eigenvalue weighted by Gasteiger charge is -2.42. The van der Waals surface area contributed by atoms with E-state index in [2.05, 4.69) is 37.0 Å². The van der Waals surface area contributed by atoms with Crippen molar-refractivity contribution in [3.8, 4) is 11.8 Å². The molecule has 1 aromatic heterocycles. The van der Waals surface area contributed by atoms with E-state index in [-0.39, 0.29) is 11.2 Å². The van der Waals surface area contributed by atoms with Crippen LogP contribution in [0.2, 0.25) is 0 Å². The quantitative estimate of drug-likeness (QED) is 0.575. The molecule has 1 atom stereocenters. The average Bonchev–Trinajstić information content (AvgIpc) is 3.24. The first-order valence-corrected chi connectivity index (χ1v) is 12.7. The van der Waals surface area contributed by atoms with Crippen LogP contribution in [-0.2, 0) is 4.79 Å². The largest absolute Gasteiger partial charge is 0.496 e. The van der Waals surface area contributed by atoms with Crippen molar-refractivity contribution in [3.05, 3.63) is 52.5 Å². The zero-order chi connectivity index (χ0) is 23.8. The van der Waals surface area contributed by atoms with Crippen molar-refractivity contribution in [2.24, 2.45) is 11.1 Å². The third-order valence-corrected chi connectivity index (χ3v) is 8.10. The van der Waals surface area contributed by atoms with Gasteiger partial charge in [0.2, 0.25) is 5.13 Å². The molecule has 1 aromatic carbocycles. The van der Waals surface area contributed by atoms with Crippen LogP contribution in [0.5, 0.6) is 5.75 Å². The maximum atomic E-state index is 13.6. The van der Waals surface area contributed by atoms with Gasteiger partial charge in [-0.25, -0.2) is 0 Å². The fourth-order valence-corrected chi connectivity index (χ4v) is 6.29. The Morgan fingerprint density at radius 2 is 2.09 bits per heavy atom. The fraction of sp³-hybridized carbons (Fsp3) is 0.417. The highest BCUT2D eigenvalue weighted by Crippen LogP contribution is 2.51. The molecule has 172 valence electrons. The first-order valence-electron chi connectivity index (χ1n) is 10.9. The van der Waals surface area contributed by atoms with E-state index in [0.29, 0.717) is 40.7 Å². The molecule has 0 radical (unpaired) electrons. The third kappa shape index (κ3) is 4.25. The number of benzene rings is 1. The van der Waals surface area contributed by atoms with Crippen molar-refractivity contribution < 1.29 is 9.53 Å². The van der Waals surface area contributed by atoms with Gasteiger partial charge in [-0.15, -0.1) is 10.2 Å². The summed E-state index contributed by atoms with van der Waals surface area (Å²) in [4.78, 5) is 15.4. The lowest BCUT2D eigenvalue weighted by atomic mass is 9.68. The van der Waals surface area contributed by atoms with Crippen LogP contribution in [0, 0.1) is 16.7 Å². The number of nitrogens with zero attached hydrogens (tertiary/aromatic N) is 4. The van der Waals surface area contributed by atoms with Gasteiger partial charge in [0.15, 0.2) is 10.1 Å². The number of ketones is 1. The van der Waals surface area contributed by atoms with E-state index >= 15 is 0 Å².